The molecule has 0 saturated heterocycles. The summed E-state index contributed by atoms with van der Waals surface area (Å²) >= 11 is 0. The van der Waals surface area contributed by atoms with Crippen LogP contribution in [0, 0.1) is 5.92 Å². The minimum absolute atomic E-state index is 0.104. The number of nitrogens with zero attached hydrogens (tertiary/aromatic N) is 4. The zero-order valence-electron chi connectivity index (χ0n) is 20.7. The zero-order valence-corrected chi connectivity index (χ0v) is 20.7. The number of ether oxygens (including phenoxy) is 1. The fraction of sp³-hybridized carbons (Fsp3) is 0.481. The van der Waals surface area contributed by atoms with Crippen LogP contribution in [0.1, 0.15) is 65.8 Å². The van der Waals surface area contributed by atoms with Crippen molar-refractivity contribution in [2.24, 2.45) is 5.92 Å². The normalized spacial score (nSPS) is 21.2. The maximum absolute atomic E-state index is 13.6. The number of rotatable bonds is 6. The molecule has 8 nitrogen and oxygen atoms in total. The van der Waals surface area contributed by atoms with Gasteiger partial charge in [0.05, 0.1) is 24.8 Å². The van der Waals surface area contributed by atoms with Gasteiger partial charge in [-0.15, -0.1) is 0 Å². The minimum atomic E-state index is -0.395. The number of hydrogen-bond acceptors (Lipinski definition) is 6. The number of fused-ring (bicyclic) bond motifs is 1. The number of aliphatic hydroxyl groups is 1. The SMILES string of the molecule is C[C@@H]1CN([C@H](C)CO)C(=O)c2cc(C3=CCCCC3)cnc2O[C@H]1CN(C)C(=O)c1cccnc1. The third-order valence-electron chi connectivity index (χ3n) is 6.89. The molecule has 4 rings (SSSR count). The number of aromatic nitrogens is 2. The van der Waals surface area contributed by atoms with E-state index in [0.29, 0.717) is 24.2 Å². The third kappa shape index (κ3) is 5.53. The fourth-order valence-electron chi connectivity index (χ4n) is 4.66. The molecule has 0 spiro atoms. The number of carbonyl (C=O) groups excluding carboxylic acids is 2. The molecule has 3 heterocycles. The van der Waals surface area contributed by atoms with Crippen LogP contribution in [-0.4, -0.2) is 75.6 Å². The van der Waals surface area contributed by atoms with Crippen molar-refractivity contribution in [3.8, 4) is 5.88 Å². The Hall–Kier alpha value is -3.26. The van der Waals surface area contributed by atoms with E-state index in [9.17, 15) is 14.7 Å². The lowest BCUT2D eigenvalue weighted by Gasteiger charge is -2.37. The van der Waals surface area contributed by atoms with Gasteiger partial charge in [0, 0.05) is 38.1 Å². The summed E-state index contributed by atoms with van der Waals surface area (Å²) in [5.41, 5.74) is 3.04. The van der Waals surface area contributed by atoms with E-state index in [-0.39, 0.29) is 36.3 Å². The highest BCUT2D eigenvalue weighted by atomic mass is 16.5. The second-order valence-corrected chi connectivity index (χ2v) is 9.60. The molecule has 0 unspecified atom stereocenters. The van der Waals surface area contributed by atoms with Crippen molar-refractivity contribution in [3.05, 3.63) is 59.6 Å². The molecule has 35 heavy (non-hydrogen) atoms. The molecule has 2 aromatic heterocycles. The Kier molecular flexibility index (Phi) is 7.80. The minimum Gasteiger partial charge on any atom is -0.472 e. The van der Waals surface area contributed by atoms with E-state index in [1.807, 2.05) is 19.9 Å². The lowest BCUT2D eigenvalue weighted by Crippen LogP contribution is -2.50. The molecule has 186 valence electrons. The van der Waals surface area contributed by atoms with E-state index >= 15 is 0 Å². The highest BCUT2D eigenvalue weighted by molar-refractivity contribution is 5.97. The first-order valence-corrected chi connectivity index (χ1v) is 12.3. The van der Waals surface area contributed by atoms with Crippen LogP contribution in [0.2, 0.25) is 0 Å². The number of amides is 2. The van der Waals surface area contributed by atoms with Crippen molar-refractivity contribution in [2.75, 3.05) is 26.7 Å². The van der Waals surface area contributed by atoms with Gasteiger partial charge < -0.3 is 19.6 Å². The van der Waals surface area contributed by atoms with Crippen LogP contribution < -0.4 is 4.74 Å². The van der Waals surface area contributed by atoms with Crippen LogP contribution >= 0.6 is 0 Å². The van der Waals surface area contributed by atoms with Crippen molar-refractivity contribution in [1.82, 2.24) is 19.8 Å². The molecule has 3 atom stereocenters. The van der Waals surface area contributed by atoms with Crippen molar-refractivity contribution < 1.29 is 19.4 Å². The Balaban J connectivity index is 1.66. The molecular formula is C27H34N4O4. The van der Waals surface area contributed by atoms with Crippen molar-refractivity contribution >= 4 is 17.4 Å². The molecule has 2 aliphatic rings. The van der Waals surface area contributed by atoms with Crippen molar-refractivity contribution in [3.63, 3.8) is 0 Å². The first-order chi connectivity index (χ1) is 16.9. The van der Waals surface area contributed by atoms with Gasteiger partial charge in [0.25, 0.3) is 11.8 Å². The summed E-state index contributed by atoms with van der Waals surface area (Å²) in [5.74, 6) is -0.186. The smallest absolute Gasteiger partial charge is 0.259 e. The van der Waals surface area contributed by atoms with E-state index in [1.54, 1.807) is 47.6 Å². The summed E-state index contributed by atoms with van der Waals surface area (Å²) in [5, 5.41) is 9.86. The van der Waals surface area contributed by atoms with Gasteiger partial charge in [0.15, 0.2) is 0 Å². The van der Waals surface area contributed by atoms with Crippen LogP contribution in [0.15, 0.2) is 42.9 Å². The third-order valence-corrected chi connectivity index (χ3v) is 6.89. The van der Waals surface area contributed by atoms with Gasteiger partial charge in [-0.2, -0.15) is 0 Å². The first kappa shape index (κ1) is 24.9. The largest absolute Gasteiger partial charge is 0.472 e. The van der Waals surface area contributed by atoms with E-state index in [4.69, 9.17) is 4.74 Å². The van der Waals surface area contributed by atoms with E-state index in [1.165, 1.54) is 12.0 Å². The lowest BCUT2D eigenvalue weighted by molar-refractivity contribution is 0.0313. The Morgan fingerprint density at radius 1 is 1.34 bits per heavy atom. The molecule has 8 heteroatoms. The van der Waals surface area contributed by atoms with E-state index < -0.39 is 6.10 Å². The quantitative estimate of drug-likeness (QED) is 0.684. The maximum atomic E-state index is 13.6. The van der Waals surface area contributed by atoms with Crippen molar-refractivity contribution in [1.29, 1.82) is 0 Å². The summed E-state index contributed by atoms with van der Waals surface area (Å²) < 4.78 is 6.33. The predicted octanol–water partition coefficient (Wildman–Crippen LogP) is 3.43. The molecule has 1 N–H and O–H groups in total. The molecule has 1 aliphatic carbocycles. The molecule has 1 aliphatic heterocycles. The van der Waals surface area contributed by atoms with Crippen molar-refractivity contribution in [2.45, 2.75) is 51.7 Å². The van der Waals surface area contributed by atoms with Gasteiger partial charge in [-0.25, -0.2) is 4.98 Å². The average molecular weight is 479 g/mol. The van der Waals surface area contributed by atoms with Gasteiger partial charge >= 0.3 is 0 Å². The van der Waals surface area contributed by atoms with Gasteiger partial charge in [-0.3, -0.25) is 14.6 Å². The molecule has 0 bridgehead atoms. The van der Waals surface area contributed by atoms with Crippen LogP contribution in [0.3, 0.4) is 0 Å². The molecule has 2 aromatic rings. The summed E-state index contributed by atoms with van der Waals surface area (Å²) in [7, 11) is 1.73. The second kappa shape index (κ2) is 11.0. The Morgan fingerprint density at radius 3 is 2.86 bits per heavy atom. The van der Waals surface area contributed by atoms with Gasteiger partial charge in [-0.05, 0) is 61.9 Å². The average Bonchev–Trinajstić information content (AvgIpc) is 2.90. The molecule has 0 fully saturated rings. The number of pyridine rings is 2. The van der Waals surface area contributed by atoms with Gasteiger partial charge in [0.2, 0.25) is 5.88 Å². The van der Waals surface area contributed by atoms with Gasteiger partial charge in [-0.1, -0.05) is 13.0 Å². The highest BCUT2D eigenvalue weighted by Crippen LogP contribution is 2.32. The number of hydrogen-bond donors (Lipinski definition) is 1. The summed E-state index contributed by atoms with van der Waals surface area (Å²) in [6, 6.07) is 4.98. The summed E-state index contributed by atoms with van der Waals surface area (Å²) in [6.07, 6.45) is 11.1. The van der Waals surface area contributed by atoms with Crippen LogP contribution in [-0.2, 0) is 0 Å². The number of likely N-dealkylation sites (N-methyl/N-ethyl adjacent to an activating group) is 1. The molecule has 2 amide bonds. The van der Waals surface area contributed by atoms with E-state index in [0.717, 1.165) is 24.8 Å². The fourth-order valence-corrected chi connectivity index (χ4v) is 4.66. The number of allylic oxidation sites excluding steroid dienone is 2. The van der Waals surface area contributed by atoms with Crippen LogP contribution in [0.5, 0.6) is 5.88 Å². The van der Waals surface area contributed by atoms with Crippen LogP contribution in [0.25, 0.3) is 5.57 Å². The molecule has 0 radical (unpaired) electrons. The maximum Gasteiger partial charge on any atom is 0.259 e. The standard InChI is InChI=1S/C27H34N4O4/c1-18-15-31(19(2)17-32)27(34)23-12-22(20-8-5-4-6-9-20)14-29-25(23)35-24(18)16-30(3)26(33)21-10-7-11-28-13-21/h7-8,10-14,18-19,24,32H,4-6,9,15-17H2,1-3H3/t18-,19-,24+/m1/s1. The molecular weight excluding hydrogens is 444 g/mol. The summed E-state index contributed by atoms with van der Waals surface area (Å²) in [6.45, 7) is 4.40. The van der Waals surface area contributed by atoms with Crippen LogP contribution in [0.4, 0.5) is 0 Å². The number of aliphatic hydroxyl groups excluding tert-OH is 1. The second-order valence-electron chi connectivity index (χ2n) is 9.60. The lowest BCUT2D eigenvalue weighted by atomic mass is 9.93. The monoisotopic (exact) mass is 478 g/mol. The molecule has 0 aromatic carbocycles. The Bertz CT molecular complexity index is 1090. The number of carbonyl (C=O) groups is 2. The van der Waals surface area contributed by atoms with E-state index in [2.05, 4.69) is 16.0 Å². The molecule has 0 saturated carbocycles. The zero-order chi connectivity index (χ0) is 24.9. The topological polar surface area (TPSA) is 95.9 Å². The first-order valence-electron chi connectivity index (χ1n) is 12.3. The highest BCUT2D eigenvalue weighted by Gasteiger charge is 2.35. The van der Waals surface area contributed by atoms with Gasteiger partial charge in [0.1, 0.15) is 11.7 Å². The Labute approximate surface area is 206 Å². The Morgan fingerprint density at radius 2 is 2.17 bits per heavy atom. The predicted molar refractivity (Wildman–Crippen MR) is 133 cm³/mol. The summed E-state index contributed by atoms with van der Waals surface area (Å²) in [4.78, 5) is 38.4.